The van der Waals surface area contributed by atoms with Crippen LogP contribution in [-0.4, -0.2) is 36.0 Å². The van der Waals surface area contributed by atoms with Crippen LogP contribution in [0, 0.1) is 11.8 Å². The Balaban J connectivity index is 2.80. The SMILES string of the molecule is CC(C)C(=O)O[C@@H]1C(=O)NC(=O)[C@H]1OC(=O)C(C)C. The molecule has 0 bridgehead atoms. The molecule has 2 atom stereocenters. The molecule has 1 aliphatic heterocycles. The van der Waals surface area contributed by atoms with E-state index < -0.39 is 47.8 Å². The highest BCUT2D eigenvalue weighted by Crippen LogP contribution is 2.16. The molecule has 1 N–H and O–H groups in total. The average Bonchev–Trinajstić information content (AvgIpc) is 2.55. The maximum Gasteiger partial charge on any atom is 0.309 e. The van der Waals surface area contributed by atoms with Crippen molar-refractivity contribution < 1.29 is 28.7 Å². The number of esters is 2. The molecule has 1 saturated heterocycles. The van der Waals surface area contributed by atoms with Gasteiger partial charge in [0.2, 0.25) is 12.2 Å². The first-order valence-electron chi connectivity index (χ1n) is 5.99. The fourth-order valence-corrected chi connectivity index (χ4v) is 1.29. The van der Waals surface area contributed by atoms with E-state index in [0.29, 0.717) is 0 Å². The zero-order valence-corrected chi connectivity index (χ0v) is 11.3. The Bertz CT molecular complexity index is 376. The van der Waals surface area contributed by atoms with Crippen molar-refractivity contribution in [2.45, 2.75) is 39.9 Å². The van der Waals surface area contributed by atoms with Gasteiger partial charge in [0.25, 0.3) is 11.8 Å². The molecule has 0 radical (unpaired) electrons. The van der Waals surface area contributed by atoms with Gasteiger partial charge in [-0.1, -0.05) is 27.7 Å². The number of carbonyl (C=O) groups is 4. The molecule has 0 aromatic carbocycles. The zero-order valence-electron chi connectivity index (χ0n) is 11.3. The van der Waals surface area contributed by atoms with Crippen LogP contribution in [0.15, 0.2) is 0 Å². The van der Waals surface area contributed by atoms with Crippen molar-refractivity contribution in [1.29, 1.82) is 0 Å². The van der Waals surface area contributed by atoms with Crippen molar-refractivity contribution >= 4 is 23.8 Å². The van der Waals surface area contributed by atoms with Gasteiger partial charge >= 0.3 is 11.9 Å². The molecular formula is C12H17NO6. The second kappa shape index (κ2) is 5.81. The number of ether oxygens (including phenoxy) is 2. The first kappa shape index (κ1) is 15.1. The maximum atomic E-state index is 11.5. The van der Waals surface area contributed by atoms with Gasteiger partial charge in [0, 0.05) is 0 Å². The highest BCUT2D eigenvalue weighted by atomic mass is 16.6. The minimum Gasteiger partial charge on any atom is -0.447 e. The Kier molecular flexibility index (Phi) is 4.63. The lowest BCUT2D eigenvalue weighted by atomic mass is 10.2. The Labute approximate surface area is 110 Å². The molecule has 1 rings (SSSR count). The molecule has 2 amide bonds. The normalized spacial score (nSPS) is 22.6. The Morgan fingerprint density at radius 2 is 1.21 bits per heavy atom. The quantitative estimate of drug-likeness (QED) is 0.560. The monoisotopic (exact) mass is 271 g/mol. The predicted octanol–water partition coefficient (Wildman–Crippen LogP) is -0.222. The molecule has 0 spiro atoms. The Hall–Kier alpha value is -1.92. The first-order valence-corrected chi connectivity index (χ1v) is 5.99. The van der Waals surface area contributed by atoms with Crippen molar-refractivity contribution in [3.63, 3.8) is 0 Å². The second-order valence-corrected chi connectivity index (χ2v) is 4.88. The first-order chi connectivity index (χ1) is 8.73. The third kappa shape index (κ3) is 3.52. The van der Waals surface area contributed by atoms with Crippen LogP contribution in [0.2, 0.25) is 0 Å². The number of nitrogens with one attached hydrogen (secondary N) is 1. The lowest BCUT2D eigenvalue weighted by Gasteiger charge is -2.18. The highest BCUT2D eigenvalue weighted by molar-refractivity contribution is 6.09. The van der Waals surface area contributed by atoms with Gasteiger partial charge in [0.05, 0.1) is 11.8 Å². The minimum atomic E-state index is -1.41. The molecule has 0 aromatic heterocycles. The number of hydrogen-bond donors (Lipinski definition) is 1. The number of amides is 2. The van der Waals surface area contributed by atoms with Crippen LogP contribution < -0.4 is 5.32 Å². The van der Waals surface area contributed by atoms with Gasteiger partial charge in [-0.05, 0) is 0 Å². The summed E-state index contributed by atoms with van der Waals surface area (Å²) in [6, 6.07) is 0. The van der Waals surface area contributed by atoms with Crippen LogP contribution in [0.5, 0.6) is 0 Å². The molecular weight excluding hydrogens is 254 g/mol. The van der Waals surface area contributed by atoms with Gasteiger partial charge in [-0.25, -0.2) is 0 Å². The van der Waals surface area contributed by atoms with Crippen LogP contribution in [0.3, 0.4) is 0 Å². The van der Waals surface area contributed by atoms with Crippen LogP contribution in [0.4, 0.5) is 0 Å². The largest absolute Gasteiger partial charge is 0.447 e. The molecule has 0 aromatic rings. The summed E-state index contributed by atoms with van der Waals surface area (Å²) in [6.45, 7) is 6.36. The zero-order chi connectivity index (χ0) is 14.7. The van der Waals surface area contributed by atoms with Crippen LogP contribution in [0.25, 0.3) is 0 Å². The van der Waals surface area contributed by atoms with Crippen molar-refractivity contribution in [1.82, 2.24) is 5.32 Å². The lowest BCUT2D eigenvalue weighted by molar-refractivity contribution is -0.173. The van der Waals surface area contributed by atoms with E-state index >= 15 is 0 Å². The minimum absolute atomic E-state index is 0.454. The summed E-state index contributed by atoms with van der Waals surface area (Å²) >= 11 is 0. The van der Waals surface area contributed by atoms with Gasteiger partial charge in [0.15, 0.2) is 0 Å². The summed E-state index contributed by atoms with van der Waals surface area (Å²) in [7, 11) is 0. The predicted molar refractivity (Wildman–Crippen MR) is 62.6 cm³/mol. The number of rotatable bonds is 4. The van der Waals surface area contributed by atoms with E-state index in [0.717, 1.165) is 0 Å². The molecule has 1 aliphatic rings. The van der Waals surface area contributed by atoms with E-state index in [2.05, 4.69) is 0 Å². The van der Waals surface area contributed by atoms with E-state index in [1.165, 1.54) is 0 Å². The van der Waals surface area contributed by atoms with Crippen LogP contribution >= 0.6 is 0 Å². The third-order valence-corrected chi connectivity index (χ3v) is 2.47. The summed E-state index contributed by atoms with van der Waals surface area (Å²) in [5, 5.41) is 1.97. The Morgan fingerprint density at radius 3 is 1.47 bits per heavy atom. The number of hydrogen-bond acceptors (Lipinski definition) is 6. The fourth-order valence-electron chi connectivity index (χ4n) is 1.29. The van der Waals surface area contributed by atoms with E-state index in [1.807, 2.05) is 5.32 Å². The van der Waals surface area contributed by atoms with Gasteiger partial charge in [-0.2, -0.15) is 0 Å². The third-order valence-electron chi connectivity index (χ3n) is 2.47. The van der Waals surface area contributed by atoms with E-state index in [9.17, 15) is 19.2 Å². The summed E-state index contributed by atoms with van der Waals surface area (Å²) < 4.78 is 9.80. The molecule has 7 nitrogen and oxygen atoms in total. The van der Waals surface area contributed by atoms with Gasteiger partial charge in [-0.15, -0.1) is 0 Å². The molecule has 7 heteroatoms. The van der Waals surface area contributed by atoms with E-state index in [-0.39, 0.29) is 0 Å². The second-order valence-electron chi connectivity index (χ2n) is 4.88. The summed E-state index contributed by atoms with van der Waals surface area (Å²) in [4.78, 5) is 45.9. The van der Waals surface area contributed by atoms with Crippen molar-refractivity contribution in [3.8, 4) is 0 Å². The maximum absolute atomic E-state index is 11.5. The van der Waals surface area contributed by atoms with Gasteiger partial charge in [0.1, 0.15) is 0 Å². The highest BCUT2D eigenvalue weighted by Gasteiger charge is 2.47. The number of imide groups is 1. The molecule has 1 heterocycles. The van der Waals surface area contributed by atoms with Crippen molar-refractivity contribution in [2.24, 2.45) is 11.8 Å². The van der Waals surface area contributed by atoms with Crippen LogP contribution in [-0.2, 0) is 28.7 Å². The van der Waals surface area contributed by atoms with Gasteiger partial charge < -0.3 is 9.47 Å². The molecule has 1 fully saturated rings. The summed E-state index contributed by atoms with van der Waals surface area (Å²) in [6.07, 6.45) is -2.82. The molecule has 19 heavy (non-hydrogen) atoms. The van der Waals surface area contributed by atoms with Gasteiger partial charge in [-0.3, -0.25) is 24.5 Å². The fraction of sp³-hybridized carbons (Fsp3) is 0.667. The topological polar surface area (TPSA) is 98.8 Å². The standard InChI is InChI=1S/C12H17NO6/c1-5(2)11(16)18-7-8(10(15)13-9(7)14)19-12(17)6(3)4/h5-8H,1-4H3,(H,13,14,15)/t7-,8-/m0/s1. The smallest absolute Gasteiger partial charge is 0.309 e. The number of carbonyl (C=O) groups excluding carboxylic acids is 4. The summed E-state index contributed by atoms with van der Waals surface area (Å²) in [5.74, 6) is -3.74. The summed E-state index contributed by atoms with van der Waals surface area (Å²) in [5.41, 5.74) is 0. The van der Waals surface area contributed by atoms with Crippen LogP contribution in [0.1, 0.15) is 27.7 Å². The lowest BCUT2D eigenvalue weighted by Crippen LogP contribution is -2.39. The average molecular weight is 271 g/mol. The molecule has 0 aliphatic carbocycles. The van der Waals surface area contributed by atoms with E-state index in [1.54, 1.807) is 27.7 Å². The van der Waals surface area contributed by atoms with Crippen molar-refractivity contribution in [2.75, 3.05) is 0 Å². The molecule has 106 valence electrons. The van der Waals surface area contributed by atoms with E-state index in [4.69, 9.17) is 9.47 Å². The van der Waals surface area contributed by atoms with Crippen molar-refractivity contribution in [3.05, 3.63) is 0 Å². The Morgan fingerprint density at radius 1 is 0.895 bits per heavy atom. The molecule has 0 saturated carbocycles. The molecule has 0 unspecified atom stereocenters.